The quantitative estimate of drug-likeness (QED) is 0.811. The van der Waals surface area contributed by atoms with Crippen LogP contribution in [0.2, 0.25) is 0 Å². The number of pyridine rings is 1. The van der Waals surface area contributed by atoms with Crippen molar-refractivity contribution in [2.75, 3.05) is 31.1 Å². The Hall–Kier alpha value is -1.92. The number of sulfonamides is 1. The van der Waals surface area contributed by atoms with Crippen LogP contribution < -0.4 is 4.90 Å². The molecule has 1 aromatic heterocycles. The van der Waals surface area contributed by atoms with E-state index >= 15 is 0 Å². The SMILES string of the molecule is O=S(=O)(C1CCN(c2ccccc2)CC1)N1CCC(c2ccncc2)CC1. The highest BCUT2D eigenvalue weighted by molar-refractivity contribution is 7.89. The van der Waals surface area contributed by atoms with Crippen molar-refractivity contribution < 1.29 is 8.42 Å². The number of hydrogen-bond acceptors (Lipinski definition) is 4. The van der Waals surface area contributed by atoms with Crippen LogP contribution in [0.15, 0.2) is 54.9 Å². The molecule has 0 atom stereocenters. The van der Waals surface area contributed by atoms with E-state index in [0.717, 1.165) is 25.9 Å². The molecule has 3 heterocycles. The number of nitrogens with zero attached hydrogens (tertiary/aromatic N) is 3. The van der Waals surface area contributed by atoms with Crippen LogP contribution in [0, 0.1) is 0 Å². The summed E-state index contributed by atoms with van der Waals surface area (Å²) in [5, 5.41) is -0.241. The zero-order valence-corrected chi connectivity index (χ0v) is 16.4. The van der Waals surface area contributed by atoms with Gasteiger partial charge in [-0.3, -0.25) is 4.98 Å². The zero-order valence-electron chi connectivity index (χ0n) is 15.6. The Balaban J connectivity index is 1.34. The maximum absolute atomic E-state index is 13.1. The van der Waals surface area contributed by atoms with Crippen molar-refractivity contribution in [2.24, 2.45) is 0 Å². The van der Waals surface area contributed by atoms with E-state index in [1.54, 1.807) is 4.31 Å². The number of piperidine rings is 2. The van der Waals surface area contributed by atoms with Gasteiger partial charge in [-0.15, -0.1) is 0 Å². The number of aromatic nitrogens is 1. The molecule has 0 radical (unpaired) electrons. The Kier molecular flexibility index (Phi) is 5.45. The smallest absolute Gasteiger partial charge is 0.217 e. The molecular weight excluding hydrogens is 358 g/mol. The van der Waals surface area contributed by atoms with E-state index in [1.165, 1.54) is 11.3 Å². The summed E-state index contributed by atoms with van der Waals surface area (Å²) in [7, 11) is -3.20. The van der Waals surface area contributed by atoms with Gasteiger partial charge in [-0.1, -0.05) is 18.2 Å². The van der Waals surface area contributed by atoms with Gasteiger partial charge in [0.2, 0.25) is 10.0 Å². The lowest BCUT2D eigenvalue weighted by Gasteiger charge is -2.38. The van der Waals surface area contributed by atoms with E-state index in [-0.39, 0.29) is 5.25 Å². The minimum Gasteiger partial charge on any atom is -0.371 e. The van der Waals surface area contributed by atoms with Crippen molar-refractivity contribution in [3.8, 4) is 0 Å². The Morgan fingerprint density at radius 3 is 2.07 bits per heavy atom. The van der Waals surface area contributed by atoms with Gasteiger partial charge in [0.05, 0.1) is 5.25 Å². The third-order valence-corrected chi connectivity index (χ3v) is 8.37. The Morgan fingerprint density at radius 1 is 0.815 bits per heavy atom. The fourth-order valence-corrected chi connectivity index (χ4v) is 6.29. The minimum atomic E-state index is -3.20. The van der Waals surface area contributed by atoms with Gasteiger partial charge in [0, 0.05) is 44.3 Å². The third kappa shape index (κ3) is 4.01. The topological polar surface area (TPSA) is 53.5 Å². The fraction of sp³-hybridized carbons (Fsp3) is 0.476. The van der Waals surface area contributed by atoms with Crippen LogP contribution >= 0.6 is 0 Å². The lowest BCUT2D eigenvalue weighted by atomic mass is 9.91. The van der Waals surface area contributed by atoms with Crippen molar-refractivity contribution in [3.63, 3.8) is 0 Å². The van der Waals surface area contributed by atoms with Crippen molar-refractivity contribution in [1.29, 1.82) is 0 Å². The second-order valence-corrected chi connectivity index (χ2v) is 9.73. The highest BCUT2D eigenvalue weighted by atomic mass is 32.2. The predicted octanol–water partition coefficient (Wildman–Crippen LogP) is 3.26. The molecule has 1 aromatic carbocycles. The molecule has 0 N–H and O–H groups in total. The van der Waals surface area contributed by atoms with Crippen LogP contribution in [0.1, 0.15) is 37.2 Å². The predicted molar refractivity (Wildman–Crippen MR) is 108 cm³/mol. The molecule has 5 nitrogen and oxygen atoms in total. The largest absolute Gasteiger partial charge is 0.371 e. The second-order valence-electron chi connectivity index (χ2n) is 7.52. The van der Waals surface area contributed by atoms with E-state index in [0.29, 0.717) is 31.8 Å². The molecule has 2 aromatic rings. The van der Waals surface area contributed by atoms with Gasteiger partial charge in [-0.05, 0) is 61.4 Å². The summed E-state index contributed by atoms with van der Waals surface area (Å²) in [6.45, 7) is 2.88. The average molecular weight is 386 g/mol. The highest BCUT2D eigenvalue weighted by Crippen LogP contribution is 2.31. The normalized spacial score (nSPS) is 20.7. The molecular formula is C21H27N3O2S. The van der Waals surface area contributed by atoms with E-state index in [1.807, 2.05) is 42.7 Å². The first-order valence-electron chi connectivity index (χ1n) is 9.83. The first kappa shape index (κ1) is 18.4. The van der Waals surface area contributed by atoms with Crippen LogP contribution in [0.25, 0.3) is 0 Å². The van der Waals surface area contributed by atoms with E-state index in [9.17, 15) is 8.42 Å². The maximum atomic E-state index is 13.1. The van der Waals surface area contributed by atoms with Crippen LogP contribution in [-0.4, -0.2) is 49.1 Å². The first-order chi connectivity index (χ1) is 13.1. The molecule has 0 bridgehead atoms. The van der Waals surface area contributed by atoms with Crippen molar-refractivity contribution in [1.82, 2.24) is 9.29 Å². The van der Waals surface area contributed by atoms with Gasteiger partial charge in [-0.2, -0.15) is 0 Å². The summed E-state index contributed by atoms with van der Waals surface area (Å²) in [6.07, 6.45) is 6.85. The molecule has 4 rings (SSSR count). The molecule has 0 spiro atoms. The summed E-state index contributed by atoms with van der Waals surface area (Å²) in [4.78, 5) is 6.37. The van der Waals surface area contributed by atoms with Crippen LogP contribution in [0.4, 0.5) is 5.69 Å². The number of rotatable bonds is 4. The van der Waals surface area contributed by atoms with Gasteiger partial charge in [0.15, 0.2) is 0 Å². The lowest BCUT2D eigenvalue weighted by Crippen LogP contribution is -2.47. The van der Waals surface area contributed by atoms with Crippen LogP contribution in [-0.2, 0) is 10.0 Å². The molecule has 0 saturated carbocycles. The molecule has 0 aliphatic carbocycles. The Bertz CT molecular complexity index is 761. The van der Waals surface area contributed by atoms with Crippen molar-refractivity contribution >= 4 is 15.7 Å². The third-order valence-electron chi connectivity index (χ3n) is 5.98. The minimum absolute atomic E-state index is 0.241. The monoisotopic (exact) mass is 385 g/mol. The molecule has 2 saturated heterocycles. The molecule has 27 heavy (non-hydrogen) atoms. The summed E-state index contributed by atoms with van der Waals surface area (Å²) in [5.74, 6) is 0.444. The summed E-state index contributed by atoms with van der Waals surface area (Å²) >= 11 is 0. The van der Waals surface area contributed by atoms with Gasteiger partial charge < -0.3 is 4.90 Å². The van der Waals surface area contributed by atoms with Crippen LogP contribution in [0.5, 0.6) is 0 Å². The summed E-state index contributed by atoms with van der Waals surface area (Å²) in [5.41, 5.74) is 2.46. The summed E-state index contributed by atoms with van der Waals surface area (Å²) < 4.78 is 28.0. The van der Waals surface area contributed by atoms with E-state index in [4.69, 9.17) is 0 Å². The van der Waals surface area contributed by atoms with Crippen LogP contribution in [0.3, 0.4) is 0 Å². The molecule has 144 valence electrons. The fourth-order valence-electron chi connectivity index (χ4n) is 4.34. The lowest BCUT2D eigenvalue weighted by molar-refractivity contribution is 0.313. The van der Waals surface area contributed by atoms with Gasteiger partial charge in [0.25, 0.3) is 0 Å². The molecule has 2 aliphatic heterocycles. The average Bonchev–Trinajstić information content (AvgIpc) is 2.75. The highest BCUT2D eigenvalue weighted by Gasteiger charge is 2.36. The number of para-hydroxylation sites is 1. The van der Waals surface area contributed by atoms with Gasteiger partial charge in [-0.25, -0.2) is 12.7 Å². The van der Waals surface area contributed by atoms with Gasteiger partial charge in [0.1, 0.15) is 0 Å². The first-order valence-corrected chi connectivity index (χ1v) is 11.3. The number of hydrogen-bond donors (Lipinski definition) is 0. The Labute approximate surface area is 162 Å². The van der Waals surface area contributed by atoms with Crippen molar-refractivity contribution in [2.45, 2.75) is 36.9 Å². The molecule has 2 aliphatic rings. The van der Waals surface area contributed by atoms with E-state index < -0.39 is 10.0 Å². The maximum Gasteiger partial charge on any atom is 0.217 e. The molecule has 0 amide bonds. The molecule has 2 fully saturated rings. The summed E-state index contributed by atoms with van der Waals surface area (Å²) in [6, 6.07) is 14.4. The standard InChI is InChI=1S/C21H27N3O2S/c25-27(26,21-10-14-23(15-11-21)20-4-2-1-3-5-20)24-16-8-19(9-17-24)18-6-12-22-13-7-18/h1-7,12-13,19,21H,8-11,14-17H2. The molecule has 6 heteroatoms. The number of benzene rings is 1. The second kappa shape index (κ2) is 7.98. The zero-order chi connectivity index (χ0) is 18.7. The van der Waals surface area contributed by atoms with Crippen molar-refractivity contribution in [3.05, 3.63) is 60.4 Å². The Morgan fingerprint density at radius 2 is 1.44 bits per heavy atom. The molecule has 0 unspecified atom stereocenters. The van der Waals surface area contributed by atoms with E-state index in [2.05, 4.69) is 22.0 Å². The van der Waals surface area contributed by atoms with Gasteiger partial charge >= 0.3 is 0 Å². The number of anilines is 1.